The van der Waals surface area contributed by atoms with Crippen LogP contribution >= 0.6 is 44.3 Å². The van der Waals surface area contributed by atoms with Gasteiger partial charge in [-0.2, -0.15) is 0 Å². The Balaban J connectivity index is 0.00000144. The summed E-state index contributed by atoms with van der Waals surface area (Å²) in [7, 11) is 0. The lowest BCUT2D eigenvalue weighted by atomic mass is 10.1. The van der Waals surface area contributed by atoms with Gasteiger partial charge in [-0.05, 0) is 57.3 Å². The second kappa shape index (κ2) is 7.04. The predicted molar refractivity (Wildman–Crippen MR) is 79.4 cm³/mol. The zero-order chi connectivity index (χ0) is 11.5. The summed E-state index contributed by atoms with van der Waals surface area (Å²) in [5, 5.41) is 0. The van der Waals surface area contributed by atoms with Crippen LogP contribution in [-0.4, -0.2) is 29.0 Å². The number of pyridine rings is 1. The molecule has 17 heavy (non-hydrogen) atoms. The average molecular weight is 386 g/mol. The summed E-state index contributed by atoms with van der Waals surface area (Å²) in [6.07, 6.45) is 4.17. The van der Waals surface area contributed by atoms with Gasteiger partial charge in [-0.25, -0.2) is 0 Å². The molecule has 1 aromatic heterocycles. The molecule has 1 saturated heterocycles. The SMILES string of the molecule is Cl.NC1CCCN(Cc2ncc(Br)cc2Br)C1. The van der Waals surface area contributed by atoms with Crippen LogP contribution in [0.5, 0.6) is 0 Å². The van der Waals surface area contributed by atoms with E-state index in [1.807, 2.05) is 12.3 Å². The van der Waals surface area contributed by atoms with Crippen LogP contribution in [0.25, 0.3) is 0 Å². The molecule has 1 aliphatic rings. The summed E-state index contributed by atoms with van der Waals surface area (Å²) in [6, 6.07) is 2.36. The first kappa shape index (κ1) is 15.4. The molecule has 2 N–H and O–H groups in total. The molecular formula is C11H16Br2ClN3. The summed E-state index contributed by atoms with van der Waals surface area (Å²) in [6.45, 7) is 2.98. The molecule has 2 heterocycles. The highest BCUT2D eigenvalue weighted by Gasteiger charge is 2.17. The number of hydrogen-bond acceptors (Lipinski definition) is 3. The van der Waals surface area contributed by atoms with Crippen molar-refractivity contribution in [2.75, 3.05) is 13.1 Å². The molecule has 0 radical (unpaired) electrons. The van der Waals surface area contributed by atoms with E-state index in [9.17, 15) is 0 Å². The third-order valence-corrected chi connectivity index (χ3v) is 3.92. The Morgan fingerprint density at radius 3 is 2.88 bits per heavy atom. The Hall–Kier alpha value is 0.320. The average Bonchev–Trinajstić information content (AvgIpc) is 2.22. The maximum Gasteiger partial charge on any atom is 0.0686 e. The first-order chi connectivity index (χ1) is 7.65. The van der Waals surface area contributed by atoms with Crippen molar-refractivity contribution in [2.24, 2.45) is 5.73 Å². The summed E-state index contributed by atoms with van der Waals surface area (Å²) in [5.74, 6) is 0. The van der Waals surface area contributed by atoms with Crippen molar-refractivity contribution in [2.45, 2.75) is 25.4 Å². The molecular weight excluding hydrogens is 369 g/mol. The molecule has 1 fully saturated rings. The van der Waals surface area contributed by atoms with E-state index in [-0.39, 0.29) is 12.4 Å². The number of rotatable bonds is 2. The van der Waals surface area contributed by atoms with Crippen LogP contribution in [0, 0.1) is 0 Å². The van der Waals surface area contributed by atoms with Crippen molar-refractivity contribution in [1.29, 1.82) is 0 Å². The maximum atomic E-state index is 5.96. The summed E-state index contributed by atoms with van der Waals surface area (Å²) >= 11 is 6.94. The number of halogens is 3. The van der Waals surface area contributed by atoms with Crippen molar-refractivity contribution >= 4 is 44.3 Å². The van der Waals surface area contributed by atoms with E-state index in [0.29, 0.717) is 6.04 Å². The molecule has 0 bridgehead atoms. The monoisotopic (exact) mass is 383 g/mol. The van der Waals surface area contributed by atoms with Crippen LogP contribution < -0.4 is 5.73 Å². The molecule has 1 aromatic rings. The summed E-state index contributed by atoms with van der Waals surface area (Å²) in [4.78, 5) is 6.79. The van der Waals surface area contributed by atoms with Crippen molar-refractivity contribution in [1.82, 2.24) is 9.88 Å². The van der Waals surface area contributed by atoms with Crippen LogP contribution in [0.15, 0.2) is 21.2 Å². The number of nitrogens with zero attached hydrogens (tertiary/aromatic N) is 2. The Bertz CT molecular complexity index is 376. The highest BCUT2D eigenvalue weighted by molar-refractivity contribution is 9.11. The van der Waals surface area contributed by atoms with Crippen molar-refractivity contribution in [3.05, 3.63) is 26.9 Å². The number of aromatic nitrogens is 1. The second-order valence-electron chi connectivity index (χ2n) is 4.22. The van der Waals surface area contributed by atoms with Crippen molar-refractivity contribution < 1.29 is 0 Å². The first-order valence-corrected chi connectivity index (χ1v) is 7.01. The zero-order valence-electron chi connectivity index (χ0n) is 9.40. The van der Waals surface area contributed by atoms with E-state index in [2.05, 4.69) is 41.7 Å². The lowest BCUT2D eigenvalue weighted by molar-refractivity contribution is 0.199. The van der Waals surface area contributed by atoms with Crippen molar-refractivity contribution in [3.63, 3.8) is 0 Å². The molecule has 0 amide bonds. The van der Waals surface area contributed by atoms with Gasteiger partial charge < -0.3 is 5.73 Å². The van der Waals surface area contributed by atoms with E-state index in [1.165, 1.54) is 6.42 Å². The molecule has 0 spiro atoms. The Morgan fingerprint density at radius 2 is 2.24 bits per heavy atom. The topological polar surface area (TPSA) is 42.1 Å². The number of piperidine rings is 1. The molecule has 0 aromatic carbocycles. The fraction of sp³-hybridized carbons (Fsp3) is 0.545. The van der Waals surface area contributed by atoms with Gasteiger partial charge >= 0.3 is 0 Å². The van der Waals surface area contributed by atoms with Crippen LogP contribution in [0.2, 0.25) is 0 Å². The molecule has 2 rings (SSSR count). The Morgan fingerprint density at radius 1 is 1.47 bits per heavy atom. The van der Waals surface area contributed by atoms with Gasteiger partial charge in [0.2, 0.25) is 0 Å². The van der Waals surface area contributed by atoms with Gasteiger partial charge in [-0.1, -0.05) is 0 Å². The fourth-order valence-corrected chi connectivity index (χ4v) is 3.12. The van der Waals surface area contributed by atoms with Crippen LogP contribution in [-0.2, 0) is 6.54 Å². The van der Waals surface area contributed by atoms with E-state index in [1.54, 1.807) is 0 Å². The van der Waals surface area contributed by atoms with E-state index in [4.69, 9.17) is 5.73 Å². The highest BCUT2D eigenvalue weighted by atomic mass is 79.9. The van der Waals surface area contributed by atoms with Crippen LogP contribution in [0.4, 0.5) is 0 Å². The minimum atomic E-state index is 0. The van der Waals surface area contributed by atoms with E-state index in [0.717, 1.165) is 40.7 Å². The molecule has 0 aliphatic carbocycles. The van der Waals surface area contributed by atoms with Crippen molar-refractivity contribution in [3.8, 4) is 0 Å². The Labute approximate surface area is 125 Å². The van der Waals surface area contributed by atoms with Crippen LogP contribution in [0.1, 0.15) is 18.5 Å². The number of likely N-dealkylation sites (tertiary alicyclic amines) is 1. The third kappa shape index (κ3) is 4.48. The van der Waals surface area contributed by atoms with Gasteiger partial charge in [0, 0.05) is 34.3 Å². The lowest BCUT2D eigenvalue weighted by Crippen LogP contribution is -2.42. The molecule has 3 nitrogen and oxygen atoms in total. The normalized spacial score (nSPS) is 21.0. The van der Waals surface area contributed by atoms with Gasteiger partial charge in [0.15, 0.2) is 0 Å². The molecule has 1 unspecified atom stereocenters. The summed E-state index contributed by atoms with van der Waals surface area (Å²) < 4.78 is 2.06. The van der Waals surface area contributed by atoms with Crippen LogP contribution in [0.3, 0.4) is 0 Å². The smallest absolute Gasteiger partial charge is 0.0686 e. The molecule has 1 atom stereocenters. The van der Waals surface area contributed by atoms with Gasteiger partial charge in [0.05, 0.1) is 5.69 Å². The first-order valence-electron chi connectivity index (χ1n) is 5.43. The molecule has 0 saturated carbocycles. The van der Waals surface area contributed by atoms with E-state index < -0.39 is 0 Å². The van der Waals surface area contributed by atoms with Gasteiger partial charge in [-0.3, -0.25) is 9.88 Å². The standard InChI is InChI=1S/C11H15Br2N3.ClH/c12-8-4-10(13)11(15-5-8)7-16-3-1-2-9(14)6-16;/h4-5,9H,1-3,6-7,14H2;1H. The minimum absolute atomic E-state index is 0. The fourth-order valence-electron chi connectivity index (χ4n) is 2.01. The van der Waals surface area contributed by atoms with E-state index >= 15 is 0 Å². The molecule has 6 heteroatoms. The quantitative estimate of drug-likeness (QED) is 0.851. The largest absolute Gasteiger partial charge is 0.327 e. The Kier molecular flexibility index (Phi) is 6.37. The molecule has 96 valence electrons. The molecule has 1 aliphatic heterocycles. The van der Waals surface area contributed by atoms with Gasteiger partial charge in [-0.15, -0.1) is 12.4 Å². The summed E-state index contributed by atoms with van der Waals surface area (Å²) in [5.41, 5.74) is 7.04. The highest BCUT2D eigenvalue weighted by Crippen LogP contribution is 2.21. The lowest BCUT2D eigenvalue weighted by Gasteiger charge is -2.30. The predicted octanol–water partition coefficient (Wildman–Crippen LogP) is 2.95. The van der Waals surface area contributed by atoms with Gasteiger partial charge in [0.25, 0.3) is 0 Å². The second-order valence-corrected chi connectivity index (χ2v) is 5.99. The maximum absolute atomic E-state index is 5.96. The number of nitrogens with two attached hydrogens (primary N) is 1. The zero-order valence-corrected chi connectivity index (χ0v) is 13.4. The minimum Gasteiger partial charge on any atom is -0.327 e. The third-order valence-electron chi connectivity index (χ3n) is 2.80. The van der Waals surface area contributed by atoms with Gasteiger partial charge in [0.1, 0.15) is 0 Å². The number of hydrogen-bond donors (Lipinski definition) is 1.